The van der Waals surface area contributed by atoms with E-state index in [-0.39, 0.29) is 23.9 Å². The van der Waals surface area contributed by atoms with Gasteiger partial charge in [0, 0.05) is 55.2 Å². The van der Waals surface area contributed by atoms with E-state index in [0.29, 0.717) is 36.1 Å². The molecule has 5 rings (SSSR count). The largest absolute Gasteiger partial charge is 0.475 e. The Morgan fingerprint density at radius 1 is 1.32 bits per heavy atom. The van der Waals surface area contributed by atoms with E-state index >= 15 is 0 Å². The van der Waals surface area contributed by atoms with Gasteiger partial charge in [0.05, 0.1) is 18.3 Å². The van der Waals surface area contributed by atoms with E-state index < -0.39 is 0 Å². The summed E-state index contributed by atoms with van der Waals surface area (Å²) >= 11 is 1.33. The number of fused-ring (bicyclic) bond motifs is 2. The molecule has 0 aromatic carbocycles. The first-order chi connectivity index (χ1) is 16.3. The molecule has 3 atom stereocenters. The fourth-order valence-corrected chi connectivity index (χ4v) is 5.99. The van der Waals surface area contributed by atoms with Crippen LogP contribution in [0.5, 0.6) is 5.88 Å². The number of amides is 1. The first-order valence-corrected chi connectivity index (χ1v) is 12.2. The number of aromatic nitrogens is 2. The maximum absolute atomic E-state index is 13.0. The molecule has 0 unspecified atom stereocenters. The van der Waals surface area contributed by atoms with E-state index in [2.05, 4.69) is 15.2 Å². The molecular weight excluding hydrogens is 452 g/mol. The maximum Gasteiger partial charge on any atom is 0.263 e. The van der Waals surface area contributed by atoms with Gasteiger partial charge in [0.25, 0.3) is 5.91 Å². The van der Waals surface area contributed by atoms with Crippen LogP contribution in [0.1, 0.15) is 26.5 Å². The maximum atomic E-state index is 13.0. The number of nitrogens with zero attached hydrogens (tertiary/aromatic N) is 3. The zero-order valence-corrected chi connectivity index (χ0v) is 20.4. The predicted molar refractivity (Wildman–Crippen MR) is 134 cm³/mol. The summed E-state index contributed by atoms with van der Waals surface area (Å²) in [7, 11) is 1.70. The number of pyridine rings is 2. The summed E-state index contributed by atoms with van der Waals surface area (Å²) in [6, 6.07) is 5.89. The smallest absolute Gasteiger partial charge is 0.263 e. The highest BCUT2D eigenvalue weighted by molar-refractivity contribution is 7.21. The van der Waals surface area contributed by atoms with Crippen LogP contribution in [0, 0.1) is 19.8 Å². The number of nitrogens with two attached hydrogens (primary N) is 2. The van der Waals surface area contributed by atoms with Crippen molar-refractivity contribution >= 4 is 39.0 Å². The molecule has 0 saturated carbocycles. The van der Waals surface area contributed by atoms with Gasteiger partial charge in [-0.25, -0.2) is 4.98 Å². The SMILES string of the molecule is COC[C@@H]1CN(c2ccc3c(n2)OC[C@H](NC(=O)c2sc4nc(C)cc(C)c4c2N)C3)C[C@@H]1N. The summed E-state index contributed by atoms with van der Waals surface area (Å²) in [4.78, 5) is 25.8. The van der Waals surface area contributed by atoms with Crippen molar-refractivity contribution in [2.45, 2.75) is 32.4 Å². The van der Waals surface area contributed by atoms with Crippen LogP contribution in [0.3, 0.4) is 0 Å². The molecule has 1 fully saturated rings. The van der Waals surface area contributed by atoms with Gasteiger partial charge in [0.1, 0.15) is 22.1 Å². The number of rotatable bonds is 5. The molecule has 180 valence electrons. The van der Waals surface area contributed by atoms with Crippen molar-refractivity contribution in [1.29, 1.82) is 0 Å². The van der Waals surface area contributed by atoms with Gasteiger partial charge >= 0.3 is 0 Å². The molecular formula is C24H30N6O3S. The van der Waals surface area contributed by atoms with Gasteiger partial charge in [0.15, 0.2) is 0 Å². The van der Waals surface area contributed by atoms with Crippen LogP contribution < -0.4 is 26.4 Å². The van der Waals surface area contributed by atoms with Crippen LogP contribution in [0.2, 0.25) is 0 Å². The molecule has 0 aliphatic carbocycles. The lowest BCUT2D eigenvalue weighted by Crippen LogP contribution is -2.43. The second-order valence-corrected chi connectivity index (χ2v) is 10.2. The molecule has 2 aliphatic rings. The molecule has 34 heavy (non-hydrogen) atoms. The summed E-state index contributed by atoms with van der Waals surface area (Å²) in [5.74, 6) is 1.55. The van der Waals surface area contributed by atoms with Crippen molar-refractivity contribution in [3.63, 3.8) is 0 Å². The van der Waals surface area contributed by atoms with E-state index in [4.69, 9.17) is 25.9 Å². The first-order valence-electron chi connectivity index (χ1n) is 11.4. The first kappa shape index (κ1) is 22.8. The Hall–Kier alpha value is -2.95. The lowest BCUT2D eigenvalue weighted by molar-refractivity contribution is 0.0918. The van der Waals surface area contributed by atoms with Crippen LogP contribution in [-0.2, 0) is 11.2 Å². The number of nitrogens with one attached hydrogen (secondary N) is 1. The molecule has 0 bridgehead atoms. The molecule has 3 aromatic rings. The molecule has 5 N–H and O–H groups in total. The van der Waals surface area contributed by atoms with Gasteiger partial charge in [-0.3, -0.25) is 4.79 Å². The topological polar surface area (TPSA) is 129 Å². The average Bonchev–Trinajstić information content (AvgIpc) is 3.33. The van der Waals surface area contributed by atoms with E-state index in [1.54, 1.807) is 7.11 Å². The third-order valence-electron chi connectivity index (χ3n) is 6.57. The minimum Gasteiger partial charge on any atom is -0.475 e. The molecule has 10 heteroatoms. The molecule has 1 saturated heterocycles. The van der Waals surface area contributed by atoms with Crippen molar-refractivity contribution < 1.29 is 14.3 Å². The second-order valence-electron chi connectivity index (χ2n) is 9.21. The number of nitrogen functional groups attached to an aromatic ring is 1. The van der Waals surface area contributed by atoms with Crippen LogP contribution in [0.4, 0.5) is 11.5 Å². The zero-order valence-electron chi connectivity index (χ0n) is 19.6. The third kappa shape index (κ3) is 4.17. The number of carbonyl (C=O) groups excluding carboxylic acids is 1. The van der Waals surface area contributed by atoms with Gasteiger partial charge in [-0.1, -0.05) is 0 Å². The van der Waals surface area contributed by atoms with Crippen molar-refractivity contribution in [3.05, 3.63) is 39.9 Å². The van der Waals surface area contributed by atoms with Gasteiger partial charge < -0.3 is 31.2 Å². The van der Waals surface area contributed by atoms with Crippen molar-refractivity contribution in [2.75, 3.05) is 44.0 Å². The fraction of sp³-hybridized carbons (Fsp3) is 0.458. The Kier molecular flexibility index (Phi) is 6.05. The number of ether oxygens (including phenoxy) is 2. The fourth-order valence-electron chi connectivity index (χ4n) is 4.88. The minimum absolute atomic E-state index is 0.0579. The monoisotopic (exact) mass is 482 g/mol. The molecule has 5 heterocycles. The summed E-state index contributed by atoms with van der Waals surface area (Å²) in [5.41, 5.74) is 16.0. The lowest BCUT2D eigenvalue weighted by Gasteiger charge is -2.27. The number of hydrogen-bond acceptors (Lipinski definition) is 9. The van der Waals surface area contributed by atoms with E-state index in [0.717, 1.165) is 45.9 Å². The van der Waals surface area contributed by atoms with E-state index in [1.807, 2.05) is 32.0 Å². The number of hydrogen-bond donors (Lipinski definition) is 3. The van der Waals surface area contributed by atoms with Crippen molar-refractivity contribution in [1.82, 2.24) is 15.3 Å². The average molecular weight is 483 g/mol. The highest BCUT2D eigenvalue weighted by atomic mass is 32.1. The zero-order chi connectivity index (χ0) is 24.0. The van der Waals surface area contributed by atoms with Crippen LogP contribution in [-0.4, -0.2) is 61.4 Å². The van der Waals surface area contributed by atoms with Crippen molar-refractivity contribution in [2.24, 2.45) is 11.7 Å². The second kappa shape index (κ2) is 9.01. The normalized spacial score (nSPS) is 22.0. The Morgan fingerprint density at radius 2 is 2.15 bits per heavy atom. The molecule has 2 aliphatic heterocycles. The lowest BCUT2D eigenvalue weighted by atomic mass is 10.1. The number of thiophene rings is 1. The number of carbonyl (C=O) groups is 1. The minimum atomic E-state index is -0.200. The van der Waals surface area contributed by atoms with Crippen LogP contribution >= 0.6 is 11.3 Å². The summed E-state index contributed by atoms with van der Waals surface area (Å²) in [6.07, 6.45) is 0.640. The Balaban J connectivity index is 1.28. The highest BCUT2D eigenvalue weighted by Gasteiger charge is 2.32. The quantitative estimate of drug-likeness (QED) is 0.504. The van der Waals surface area contributed by atoms with Gasteiger partial charge in [-0.2, -0.15) is 4.98 Å². The van der Waals surface area contributed by atoms with E-state index in [9.17, 15) is 4.79 Å². The number of anilines is 2. The molecule has 1 amide bonds. The number of methoxy groups -OCH3 is 1. The Labute approximate surface area is 202 Å². The Bertz CT molecular complexity index is 1250. The van der Waals surface area contributed by atoms with Crippen LogP contribution in [0.25, 0.3) is 10.2 Å². The van der Waals surface area contributed by atoms with Gasteiger partial charge in [-0.05, 0) is 37.6 Å². The summed E-state index contributed by atoms with van der Waals surface area (Å²) in [6.45, 7) is 6.46. The molecule has 9 nitrogen and oxygen atoms in total. The summed E-state index contributed by atoms with van der Waals surface area (Å²) in [5, 5.41) is 3.94. The summed E-state index contributed by atoms with van der Waals surface area (Å²) < 4.78 is 11.2. The highest BCUT2D eigenvalue weighted by Crippen LogP contribution is 2.35. The molecule has 3 aromatic heterocycles. The predicted octanol–water partition coefficient (Wildman–Crippen LogP) is 2.03. The number of aryl methyl sites for hydroxylation is 2. The molecule has 0 radical (unpaired) electrons. The van der Waals surface area contributed by atoms with E-state index in [1.165, 1.54) is 11.3 Å². The van der Waals surface area contributed by atoms with Gasteiger partial charge in [-0.15, -0.1) is 11.3 Å². The van der Waals surface area contributed by atoms with Crippen LogP contribution in [0.15, 0.2) is 18.2 Å². The standard InChI is InChI=1S/C24H30N6O3S/c1-12-6-13(2)27-24-19(12)20(26)21(34-24)22(31)28-16-7-14-4-5-18(29-23(14)33-11-16)30-8-15(10-32-3)17(25)9-30/h4-6,15-17H,7-11,25-26H2,1-3H3,(H,28,31)/t15-,16+,17-/m0/s1. The van der Waals surface area contributed by atoms with Crippen molar-refractivity contribution in [3.8, 4) is 5.88 Å². The third-order valence-corrected chi connectivity index (χ3v) is 7.67. The molecule has 0 spiro atoms. The van der Waals surface area contributed by atoms with Gasteiger partial charge in [0.2, 0.25) is 5.88 Å². The Morgan fingerprint density at radius 3 is 2.94 bits per heavy atom.